The second kappa shape index (κ2) is 7.51. The fraction of sp³-hybridized carbons (Fsp3) is 0.800. The number of nitrogens with zero attached hydrogens (tertiary/aromatic N) is 1. The van der Waals surface area contributed by atoms with E-state index in [-0.39, 0.29) is 30.6 Å². The molecule has 0 aromatic rings. The average molecular weight is 236 g/mol. The molecule has 4 nitrogen and oxygen atoms in total. The fourth-order valence-corrected chi connectivity index (χ4v) is 1.49. The van der Waals surface area contributed by atoms with E-state index < -0.39 is 0 Å². The van der Waals surface area contributed by atoms with Crippen molar-refractivity contribution in [2.24, 2.45) is 4.99 Å². The largest absolute Gasteiger partial charge is 0.447 e. The first-order valence-corrected chi connectivity index (χ1v) is 5.12. The molecule has 1 rings (SSSR count). The number of carbonyl (C=O) groups excluding carboxylic acids is 1. The van der Waals surface area contributed by atoms with Gasteiger partial charge in [-0.25, -0.2) is 4.99 Å². The van der Waals surface area contributed by atoms with Crippen LogP contribution in [-0.4, -0.2) is 24.7 Å². The maximum Gasteiger partial charge on any atom is 0.391 e. The Morgan fingerprint density at radius 3 is 2.47 bits per heavy atom. The van der Waals surface area contributed by atoms with Crippen molar-refractivity contribution in [2.45, 2.75) is 45.6 Å². The highest BCUT2D eigenvalue weighted by Gasteiger charge is 2.19. The Balaban J connectivity index is 0.00000196. The minimum absolute atomic E-state index is 0. The average Bonchev–Trinajstić information content (AvgIpc) is 2.56. The van der Waals surface area contributed by atoms with Crippen LogP contribution in [0, 0.1) is 0 Å². The van der Waals surface area contributed by atoms with Gasteiger partial charge in [0, 0.05) is 13.5 Å². The molecule has 0 heterocycles. The second-order valence-corrected chi connectivity index (χ2v) is 3.36. The van der Waals surface area contributed by atoms with Gasteiger partial charge in [-0.05, 0) is 32.6 Å². The number of hydrogen-bond acceptors (Lipinski definition) is 4. The highest BCUT2D eigenvalue weighted by Crippen LogP contribution is 2.21. The van der Waals surface area contributed by atoms with E-state index in [4.69, 9.17) is 9.47 Å². The lowest BCUT2D eigenvalue weighted by Crippen LogP contribution is -2.20. The predicted molar refractivity (Wildman–Crippen MR) is 60.3 cm³/mol. The Kier molecular flexibility index (Phi) is 7.13. The summed E-state index contributed by atoms with van der Waals surface area (Å²) in [6.45, 7) is 3.79. The van der Waals surface area contributed by atoms with Crippen LogP contribution < -0.4 is 0 Å². The van der Waals surface area contributed by atoms with Crippen molar-refractivity contribution in [3.8, 4) is 0 Å². The monoisotopic (exact) mass is 235 g/mol. The summed E-state index contributed by atoms with van der Waals surface area (Å²) >= 11 is 0. The standard InChI is InChI=1S/C10H17NO3.ClH/c1-3-11-10(13-8(2)12)14-9-6-4-5-7-9;/h9H,3-7H2,1-2H3;1H. The van der Waals surface area contributed by atoms with E-state index >= 15 is 0 Å². The first kappa shape index (κ1) is 14.2. The van der Waals surface area contributed by atoms with Crippen molar-refractivity contribution in [3.63, 3.8) is 0 Å². The zero-order valence-electron chi connectivity index (χ0n) is 9.19. The number of ether oxygens (including phenoxy) is 2. The molecule has 0 bridgehead atoms. The summed E-state index contributed by atoms with van der Waals surface area (Å²) in [6, 6.07) is 0. The van der Waals surface area contributed by atoms with Crippen LogP contribution in [0.5, 0.6) is 0 Å². The van der Waals surface area contributed by atoms with E-state index in [1.54, 1.807) is 0 Å². The molecular formula is C10H18ClNO3. The van der Waals surface area contributed by atoms with Crippen LogP contribution >= 0.6 is 12.4 Å². The normalized spacial score (nSPS) is 17.1. The molecule has 15 heavy (non-hydrogen) atoms. The van der Waals surface area contributed by atoms with Crippen molar-refractivity contribution in [3.05, 3.63) is 0 Å². The molecule has 1 saturated carbocycles. The molecule has 1 aliphatic carbocycles. The Labute approximate surface area is 96.5 Å². The molecule has 5 heteroatoms. The van der Waals surface area contributed by atoms with Crippen LogP contribution in [0.4, 0.5) is 0 Å². The maximum absolute atomic E-state index is 10.7. The number of hydrogen-bond donors (Lipinski definition) is 0. The Hall–Kier alpha value is -0.770. The second-order valence-electron chi connectivity index (χ2n) is 3.36. The van der Waals surface area contributed by atoms with E-state index in [2.05, 4.69) is 4.99 Å². The third-order valence-electron chi connectivity index (χ3n) is 2.09. The summed E-state index contributed by atoms with van der Waals surface area (Å²) in [5.41, 5.74) is 0. The summed E-state index contributed by atoms with van der Waals surface area (Å²) in [7, 11) is 0. The van der Waals surface area contributed by atoms with Crippen LogP contribution in [0.2, 0.25) is 0 Å². The third kappa shape index (κ3) is 5.62. The zero-order chi connectivity index (χ0) is 10.4. The van der Waals surface area contributed by atoms with E-state index in [9.17, 15) is 4.79 Å². The van der Waals surface area contributed by atoms with Gasteiger partial charge in [-0.3, -0.25) is 4.79 Å². The number of aliphatic imine (C=N–C) groups is 1. The van der Waals surface area contributed by atoms with Crippen molar-refractivity contribution in [2.75, 3.05) is 6.54 Å². The molecule has 1 aliphatic rings. The van der Waals surface area contributed by atoms with Crippen LogP contribution in [0.1, 0.15) is 39.5 Å². The molecule has 0 unspecified atom stereocenters. The molecule has 0 aromatic carbocycles. The van der Waals surface area contributed by atoms with Gasteiger partial charge in [0.25, 0.3) is 0 Å². The van der Waals surface area contributed by atoms with Crippen LogP contribution in [0.15, 0.2) is 4.99 Å². The fourth-order valence-electron chi connectivity index (χ4n) is 1.49. The van der Waals surface area contributed by atoms with E-state index in [0.29, 0.717) is 6.54 Å². The summed E-state index contributed by atoms with van der Waals surface area (Å²) in [6.07, 6.45) is 4.74. The Morgan fingerprint density at radius 1 is 1.40 bits per heavy atom. The molecule has 0 atom stereocenters. The van der Waals surface area contributed by atoms with Gasteiger partial charge < -0.3 is 9.47 Å². The van der Waals surface area contributed by atoms with Crippen molar-refractivity contribution < 1.29 is 14.3 Å². The lowest BCUT2D eigenvalue weighted by molar-refractivity contribution is -0.135. The molecule has 0 aliphatic heterocycles. The molecule has 1 fully saturated rings. The molecule has 0 amide bonds. The maximum atomic E-state index is 10.7. The van der Waals surface area contributed by atoms with Crippen LogP contribution in [0.3, 0.4) is 0 Å². The lowest BCUT2D eigenvalue weighted by atomic mass is 10.3. The predicted octanol–water partition coefficient (Wildman–Crippen LogP) is 2.31. The van der Waals surface area contributed by atoms with Crippen LogP contribution in [-0.2, 0) is 14.3 Å². The Bertz CT molecular complexity index is 225. The molecular weight excluding hydrogens is 218 g/mol. The van der Waals surface area contributed by atoms with Crippen LogP contribution in [0.25, 0.3) is 0 Å². The van der Waals surface area contributed by atoms with E-state index in [1.807, 2.05) is 6.92 Å². The third-order valence-corrected chi connectivity index (χ3v) is 2.09. The van der Waals surface area contributed by atoms with E-state index in [0.717, 1.165) is 12.8 Å². The molecule has 0 aromatic heterocycles. The van der Waals surface area contributed by atoms with Crippen molar-refractivity contribution in [1.82, 2.24) is 0 Å². The number of halogens is 1. The van der Waals surface area contributed by atoms with Gasteiger partial charge in [0.1, 0.15) is 6.10 Å². The number of carbonyl (C=O) groups is 1. The van der Waals surface area contributed by atoms with Gasteiger partial charge in [0.2, 0.25) is 0 Å². The first-order valence-electron chi connectivity index (χ1n) is 5.12. The molecule has 88 valence electrons. The van der Waals surface area contributed by atoms with Crippen molar-refractivity contribution in [1.29, 1.82) is 0 Å². The molecule has 0 saturated heterocycles. The van der Waals surface area contributed by atoms with E-state index in [1.165, 1.54) is 19.8 Å². The van der Waals surface area contributed by atoms with Crippen molar-refractivity contribution >= 4 is 24.5 Å². The summed E-state index contributed by atoms with van der Waals surface area (Å²) in [5.74, 6) is -0.379. The minimum Gasteiger partial charge on any atom is -0.447 e. The van der Waals surface area contributed by atoms with Gasteiger partial charge in [0.05, 0.1) is 0 Å². The van der Waals surface area contributed by atoms with Gasteiger partial charge >= 0.3 is 12.1 Å². The zero-order valence-corrected chi connectivity index (χ0v) is 10.0. The molecule has 0 spiro atoms. The highest BCUT2D eigenvalue weighted by atomic mass is 35.5. The smallest absolute Gasteiger partial charge is 0.391 e. The topological polar surface area (TPSA) is 47.9 Å². The van der Waals surface area contributed by atoms with Gasteiger partial charge in [-0.1, -0.05) is 0 Å². The lowest BCUT2D eigenvalue weighted by Gasteiger charge is -2.13. The quantitative estimate of drug-likeness (QED) is 0.419. The number of rotatable bonds is 2. The summed E-state index contributed by atoms with van der Waals surface area (Å²) in [5, 5.41) is 0. The van der Waals surface area contributed by atoms with Gasteiger partial charge in [0.15, 0.2) is 0 Å². The number of esters is 1. The SMILES string of the molecule is CCN=C(OC(C)=O)OC1CCCC1.Cl. The summed E-state index contributed by atoms with van der Waals surface area (Å²) < 4.78 is 10.3. The minimum atomic E-state index is -0.379. The first-order chi connectivity index (χ1) is 6.72. The highest BCUT2D eigenvalue weighted by molar-refractivity contribution is 5.85. The molecule has 0 radical (unpaired) electrons. The summed E-state index contributed by atoms with van der Waals surface area (Å²) in [4.78, 5) is 14.7. The Morgan fingerprint density at radius 2 is 2.00 bits per heavy atom. The van der Waals surface area contributed by atoms with Gasteiger partial charge in [-0.15, -0.1) is 12.4 Å². The van der Waals surface area contributed by atoms with Gasteiger partial charge in [-0.2, -0.15) is 0 Å². The molecule has 0 N–H and O–H groups in total.